The summed E-state index contributed by atoms with van der Waals surface area (Å²) in [7, 11) is 0. The highest BCUT2D eigenvalue weighted by molar-refractivity contribution is 5.98. The maximum atomic E-state index is 13.0. The Hall–Kier alpha value is -3.43. The number of benzene rings is 2. The van der Waals surface area contributed by atoms with E-state index in [2.05, 4.69) is 15.3 Å². The molecule has 1 heterocycles. The van der Waals surface area contributed by atoms with Crippen molar-refractivity contribution in [1.29, 1.82) is 0 Å². The molecule has 0 spiro atoms. The summed E-state index contributed by atoms with van der Waals surface area (Å²) < 4.78 is 78.0. The molecule has 1 aromatic heterocycles. The van der Waals surface area contributed by atoms with E-state index in [4.69, 9.17) is 0 Å². The lowest BCUT2D eigenvalue weighted by molar-refractivity contribution is -0.143. The second-order valence-electron chi connectivity index (χ2n) is 6.97. The highest BCUT2D eigenvalue weighted by atomic mass is 19.4. The zero-order valence-corrected chi connectivity index (χ0v) is 16.7. The third kappa shape index (κ3) is 5.63. The summed E-state index contributed by atoms with van der Waals surface area (Å²) in [4.78, 5) is 20.9. The average Bonchev–Trinajstić information content (AvgIpc) is 2.73. The predicted molar refractivity (Wildman–Crippen MR) is 105 cm³/mol. The minimum absolute atomic E-state index is 0.0590. The quantitative estimate of drug-likeness (QED) is 0.522. The highest BCUT2D eigenvalue weighted by Gasteiger charge is 2.36. The van der Waals surface area contributed by atoms with E-state index in [1.54, 1.807) is 37.3 Å². The van der Waals surface area contributed by atoms with Gasteiger partial charge in [-0.15, -0.1) is 0 Å². The molecule has 0 fully saturated rings. The largest absolute Gasteiger partial charge is 0.416 e. The van der Waals surface area contributed by atoms with Crippen molar-refractivity contribution in [2.45, 2.75) is 25.7 Å². The highest BCUT2D eigenvalue weighted by Crippen LogP contribution is 2.36. The smallest absolute Gasteiger partial charge is 0.350 e. The Morgan fingerprint density at radius 1 is 0.938 bits per heavy atom. The molecule has 0 radical (unpaired) electrons. The van der Waals surface area contributed by atoms with Crippen molar-refractivity contribution in [1.82, 2.24) is 15.3 Å². The van der Waals surface area contributed by atoms with Crippen LogP contribution in [0.1, 0.15) is 33.0 Å². The van der Waals surface area contributed by atoms with E-state index in [0.717, 1.165) is 0 Å². The van der Waals surface area contributed by atoms with E-state index in [-0.39, 0.29) is 30.3 Å². The summed E-state index contributed by atoms with van der Waals surface area (Å²) in [6.07, 6.45) is -8.61. The van der Waals surface area contributed by atoms with Gasteiger partial charge in [0.15, 0.2) is 0 Å². The van der Waals surface area contributed by atoms with Crippen LogP contribution in [0.15, 0.2) is 54.7 Å². The molecule has 3 aromatic rings. The van der Waals surface area contributed by atoms with E-state index in [9.17, 15) is 31.1 Å². The van der Waals surface area contributed by atoms with Crippen LogP contribution >= 0.6 is 0 Å². The molecule has 0 saturated carbocycles. The first kappa shape index (κ1) is 23.2. The summed E-state index contributed by atoms with van der Waals surface area (Å²) in [5.74, 6) is -0.278. The molecule has 0 aliphatic carbocycles. The number of nitrogens with zero attached hydrogens (tertiary/aromatic N) is 2. The van der Waals surface area contributed by atoms with Crippen LogP contribution in [-0.2, 0) is 18.8 Å². The Morgan fingerprint density at radius 3 is 2.09 bits per heavy atom. The Morgan fingerprint density at radius 2 is 1.53 bits per heavy atom. The topological polar surface area (TPSA) is 54.9 Å². The van der Waals surface area contributed by atoms with Crippen LogP contribution in [0.2, 0.25) is 0 Å². The van der Waals surface area contributed by atoms with Crippen LogP contribution < -0.4 is 5.32 Å². The van der Waals surface area contributed by atoms with Gasteiger partial charge in [-0.1, -0.05) is 30.3 Å². The third-order valence-corrected chi connectivity index (χ3v) is 4.56. The van der Waals surface area contributed by atoms with Gasteiger partial charge in [-0.3, -0.25) is 4.79 Å². The zero-order chi connectivity index (χ0) is 23.5. The lowest BCUT2D eigenvalue weighted by Gasteiger charge is -2.14. The van der Waals surface area contributed by atoms with Gasteiger partial charge in [0.1, 0.15) is 11.5 Å². The van der Waals surface area contributed by atoms with Gasteiger partial charge in [0.2, 0.25) is 0 Å². The molecule has 1 amide bonds. The predicted octanol–water partition coefficient (Wildman–Crippen LogP) is 5.46. The van der Waals surface area contributed by atoms with Crippen LogP contribution in [0.3, 0.4) is 0 Å². The van der Waals surface area contributed by atoms with Crippen molar-refractivity contribution in [3.63, 3.8) is 0 Å². The summed E-state index contributed by atoms with van der Waals surface area (Å²) in [6.45, 7) is 1.40. The third-order valence-electron chi connectivity index (χ3n) is 4.56. The van der Waals surface area contributed by atoms with E-state index in [0.29, 0.717) is 29.1 Å². The van der Waals surface area contributed by atoms with Crippen LogP contribution in [0, 0.1) is 6.92 Å². The molecule has 0 atom stereocenters. The van der Waals surface area contributed by atoms with E-state index < -0.39 is 29.4 Å². The molecule has 32 heavy (non-hydrogen) atoms. The van der Waals surface area contributed by atoms with Gasteiger partial charge in [-0.2, -0.15) is 26.3 Å². The first-order chi connectivity index (χ1) is 14.9. The fraction of sp³-hybridized carbons (Fsp3) is 0.227. The van der Waals surface area contributed by atoms with Gasteiger partial charge in [-0.05, 0) is 42.7 Å². The molecule has 0 aliphatic heterocycles. The van der Waals surface area contributed by atoms with Gasteiger partial charge >= 0.3 is 12.4 Å². The molecule has 3 rings (SSSR count). The number of aryl methyl sites for hydroxylation is 1. The molecule has 0 bridgehead atoms. The van der Waals surface area contributed by atoms with E-state index >= 15 is 0 Å². The fourth-order valence-electron chi connectivity index (χ4n) is 3.04. The maximum absolute atomic E-state index is 13.0. The number of carbonyl (C=O) groups excluding carboxylic acids is 1. The number of hydrogen-bond donors (Lipinski definition) is 1. The number of aromatic nitrogens is 2. The number of halogens is 6. The molecule has 4 nitrogen and oxygen atoms in total. The standard InChI is InChI=1S/C22H17F6N3O/c1-13-30-12-18(15-5-3-2-4-6-15)19(31-13)20(32)29-8-7-14-9-16(21(23,24)25)11-17(10-14)22(26,27)28/h2-6,9-12H,7-8H2,1H3,(H,29,32). The van der Waals surface area contributed by atoms with Gasteiger partial charge in [0.25, 0.3) is 5.91 Å². The minimum atomic E-state index is -4.93. The first-order valence-electron chi connectivity index (χ1n) is 9.41. The van der Waals surface area contributed by atoms with Gasteiger partial charge in [0.05, 0.1) is 11.1 Å². The lowest BCUT2D eigenvalue weighted by atomic mass is 10.0. The van der Waals surface area contributed by atoms with Gasteiger partial charge < -0.3 is 5.32 Å². The van der Waals surface area contributed by atoms with Crippen molar-refractivity contribution in [2.75, 3.05) is 6.54 Å². The Labute approximate surface area is 179 Å². The molecule has 0 aliphatic rings. The number of amides is 1. The number of alkyl halides is 6. The second kappa shape index (κ2) is 8.97. The molecule has 1 N–H and O–H groups in total. The number of carbonyl (C=O) groups is 1. The normalized spacial score (nSPS) is 12.0. The van der Waals surface area contributed by atoms with Crippen LogP contribution in [-0.4, -0.2) is 22.4 Å². The minimum Gasteiger partial charge on any atom is -0.350 e. The summed E-state index contributed by atoms with van der Waals surface area (Å²) in [5, 5.41) is 2.51. The summed E-state index contributed by atoms with van der Waals surface area (Å²) in [5.41, 5.74) is -1.80. The zero-order valence-electron chi connectivity index (χ0n) is 16.7. The van der Waals surface area contributed by atoms with Crippen molar-refractivity contribution in [3.05, 3.63) is 82.9 Å². The fourth-order valence-corrected chi connectivity index (χ4v) is 3.04. The Kier molecular flexibility index (Phi) is 6.52. The molecular formula is C22H17F6N3O. The number of hydrogen-bond acceptors (Lipinski definition) is 3. The van der Waals surface area contributed by atoms with Crippen molar-refractivity contribution < 1.29 is 31.1 Å². The Bertz CT molecular complexity index is 1080. The number of rotatable bonds is 5. The van der Waals surface area contributed by atoms with Gasteiger partial charge in [0, 0.05) is 18.3 Å². The first-order valence-corrected chi connectivity index (χ1v) is 9.41. The Balaban J connectivity index is 1.79. The SMILES string of the molecule is Cc1ncc(-c2ccccc2)c(C(=O)NCCc2cc(C(F)(F)F)cc(C(F)(F)F)c2)n1. The van der Waals surface area contributed by atoms with Crippen LogP contribution in [0.5, 0.6) is 0 Å². The lowest BCUT2D eigenvalue weighted by Crippen LogP contribution is -2.27. The molecular weight excluding hydrogens is 436 g/mol. The number of nitrogens with one attached hydrogen (secondary N) is 1. The van der Waals surface area contributed by atoms with E-state index in [1.807, 2.05) is 0 Å². The maximum Gasteiger partial charge on any atom is 0.416 e. The van der Waals surface area contributed by atoms with Gasteiger partial charge in [-0.25, -0.2) is 9.97 Å². The van der Waals surface area contributed by atoms with Crippen molar-refractivity contribution >= 4 is 5.91 Å². The second-order valence-corrected chi connectivity index (χ2v) is 6.97. The molecule has 168 valence electrons. The van der Waals surface area contributed by atoms with Crippen molar-refractivity contribution in [2.24, 2.45) is 0 Å². The summed E-state index contributed by atoms with van der Waals surface area (Å²) >= 11 is 0. The van der Waals surface area contributed by atoms with E-state index in [1.165, 1.54) is 6.20 Å². The van der Waals surface area contributed by atoms with Crippen LogP contribution in [0.4, 0.5) is 26.3 Å². The molecule has 0 unspecified atom stereocenters. The van der Waals surface area contributed by atoms with Crippen LogP contribution in [0.25, 0.3) is 11.1 Å². The molecule has 0 saturated heterocycles. The summed E-state index contributed by atoms with van der Waals surface area (Å²) in [6, 6.07) is 10.2. The van der Waals surface area contributed by atoms with Crippen molar-refractivity contribution in [3.8, 4) is 11.1 Å². The monoisotopic (exact) mass is 453 g/mol. The molecule has 2 aromatic carbocycles. The molecule has 10 heteroatoms. The average molecular weight is 453 g/mol.